The van der Waals surface area contributed by atoms with Gasteiger partial charge in [0.05, 0.1) is 12.2 Å². The molecule has 0 aliphatic rings. The van der Waals surface area contributed by atoms with Crippen LogP contribution < -0.4 is 0 Å². The number of carbonyl (C=O) groups excluding carboxylic acids is 1. The Morgan fingerprint density at radius 2 is 1.65 bits per heavy atom. The number of rotatable bonds is 5. The number of ether oxygens (including phenoxy) is 1. The molecule has 0 saturated heterocycles. The van der Waals surface area contributed by atoms with Crippen molar-refractivity contribution in [2.24, 2.45) is 0 Å². The van der Waals surface area contributed by atoms with Crippen LogP contribution in [0.25, 0.3) is 5.57 Å². The van der Waals surface area contributed by atoms with Crippen molar-refractivity contribution in [1.29, 1.82) is 0 Å². The normalized spacial score (nSPS) is 10.1. The van der Waals surface area contributed by atoms with E-state index in [2.05, 4.69) is 6.58 Å². The van der Waals surface area contributed by atoms with Crippen molar-refractivity contribution in [1.82, 2.24) is 0 Å². The zero-order chi connectivity index (χ0) is 14.4. The quantitative estimate of drug-likeness (QED) is 0.753. The van der Waals surface area contributed by atoms with E-state index in [-0.39, 0.29) is 5.97 Å². The summed E-state index contributed by atoms with van der Waals surface area (Å²) in [5, 5.41) is 0. The molecule has 0 unspecified atom stereocenters. The molecule has 102 valence electrons. The molecular weight excluding hydrogens is 248 g/mol. The lowest BCUT2D eigenvalue weighted by Crippen LogP contribution is -2.06. The summed E-state index contributed by atoms with van der Waals surface area (Å²) in [6, 6.07) is 17.3. The van der Waals surface area contributed by atoms with Gasteiger partial charge in [0.25, 0.3) is 0 Å². The number of hydrogen-bond acceptors (Lipinski definition) is 2. The van der Waals surface area contributed by atoms with E-state index in [0.717, 1.165) is 23.1 Å². The predicted octanol–water partition coefficient (Wildman–Crippen LogP) is 4.31. The third kappa shape index (κ3) is 3.35. The number of benzene rings is 2. The van der Waals surface area contributed by atoms with Crippen LogP contribution in [0.2, 0.25) is 0 Å². The zero-order valence-electron chi connectivity index (χ0n) is 11.6. The van der Waals surface area contributed by atoms with E-state index in [9.17, 15) is 4.79 Å². The summed E-state index contributed by atoms with van der Waals surface area (Å²) in [5.41, 5.74) is 3.44. The minimum absolute atomic E-state index is 0.283. The van der Waals surface area contributed by atoms with Crippen LogP contribution in [0.4, 0.5) is 0 Å². The van der Waals surface area contributed by atoms with E-state index in [4.69, 9.17) is 4.74 Å². The van der Waals surface area contributed by atoms with Crippen molar-refractivity contribution >= 4 is 11.5 Å². The van der Waals surface area contributed by atoms with Crippen molar-refractivity contribution in [3.05, 3.63) is 77.9 Å². The fraction of sp³-hybridized carbons (Fsp3) is 0.167. The lowest BCUT2D eigenvalue weighted by atomic mass is 9.98. The summed E-state index contributed by atoms with van der Waals surface area (Å²) in [6.45, 7) is 6.53. The average Bonchev–Trinajstić information content (AvgIpc) is 2.52. The van der Waals surface area contributed by atoms with Gasteiger partial charge in [-0.25, -0.2) is 4.79 Å². The molecule has 0 aliphatic carbocycles. The molecule has 0 fully saturated rings. The minimum atomic E-state index is -0.283. The van der Waals surface area contributed by atoms with Gasteiger partial charge in [-0.15, -0.1) is 0 Å². The van der Waals surface area contributed by atoms with Gasteiger partial charge in [-0.2, -0.15) is 0 Å². The average molecular weight is 266 g/mol. The van der Waals surface area contributed by atoms with Crippen LogP contribution in [0.3, 0.4) is 0 Å². The lowest BCUT2D eigenvalue weighted by Gasteiger charge is -2.08. The first-order chi connectivity index (χ1) is 9.72. The molecule has 2 nitrogen and oxygen atoms in total. The molecule has 2 aromatic rings. The van der Waals surface area contributed by atoms with Crippen LogP contribution in [0.15, 0.2) is 61.2 Å². The standard InChI is InChI=1S/C18H18O2/c1-3-12-20-18(19)17-11-7-10-16(13-17)14(2)15-8-5-4-6-9-15/h4-11,13H,2-3,12H2,1H3. The Labute approximate surface area is 119 Å². The summed E-state index contributed by atoms with van der Waals surface area (Å²) in [4.78, 5) is 11.9. The molecule has 0 radical (unpaired) electrons. The third-order valence-corrected chi connectivity index (χ3v) is 3.01. The Balaban J connectivity index is 2.22. The molecule has 0 aromatic heterocycles. The Bertz CT molecular complexity index is 600. The number of esters is 1. The molecule has 0 amide bonds. The van der Waals surface area contributed by atoms with Gasteiger partial charge in [-0.1, -0.05) is 56.0 Å². The molecule has 0 bridgehead atoms. The molecule has 0 saturated carbocycles. The fourth-order valence-corrected chi connectivity index (χ4v) is 1.92. The fourth-order valence-electron chi connectivity index (χ4n) is 1.92. The maximum absolute atomic E-state index is 11.9. The van der Waals surface area contributed by atoms with Crippen molar-refractivity contribution < 1.29 is 9.53 Å². The van der Waals surface area contributed by atoms with Gasteiger partial charge >= 0.3 is 5.97 Å². The first-order valence-corrected chi connectivity index (χ1v) is 6.74. The topological polar surface area (TPSA) is 26.3 Å². The van der Waals surface area contributed by atoms with E-state index in [1.807, 2.05) is 55.5 Å². The second kappa shape index (κ2) is 6.71. The molecule has 0 spiro atoms. The largest absolute Gasteiger partial charge is 0.462 e. The van der Waals surface area contributed by atoms with Crippen molar-refractivity contribution in [3.63, 3.8) is 0 Å². The first-order valence-electron chi connectivity index (χ1n) is 6.74. The number of carbonyl (C=O) groups is 1. The summed E-state index contributed by atoms with van der Waals surface area (Å²) in [6.07, 6.45) is 0.822. The first kappa shape index (κ1) is 14.1. The van der Waals surface area contributed by atoms with Gasteiger partial charge in [0.15, 0.2) is 0 Å². The molecule has 0 atom stereocenters. The predicted molar refractivity (Wildman–Crippen MR) is 81.6 cm³/mol. The molecule has 2 rings (SSSR count). The highest BCUT2D eigenvalue weighted by Crippen LogP contribution is 2.22. The van der Waals surface area contributed by atoms with E-state index >= 15 is 0 Å². The van der Waals surface area contributed by atoms with Gasteiger partial charge in [0, 0.05) is 0 Å². The van der Waals surface area contributed by atoms with Crippen molar-refractivity contribution in [2.75, 3.05) is 6.61 Å². The van der Waals surface area contributed by atoms with Crippen LogP contribution in [0.1, 0.15) is 34.8 Å². The smallest absolute Gasteiger partial charge is 0.338 e. The van der Waals surface area contributed by atoms with E-state index < -0.39 is 0 Å². The summed E-state index contributed by atoms with van der Waals surface area (Å²) >= 11 is 0. The Kier molecular flexibility index (Phi) is 4.72. The monoisotopic (exact) mass is 266 g/mol. The van der Waals surface area contributed by atoms with Gasteiger partial charge in [-0.3, -0.25) is 0 Å². The second-order valence-electron chi connectivity index (χ2n) is 4.56. The van der Waals surface area contributed by atoms with E-state index in [0.29, 0.717) is 12.2 Å². The molecule has 0 aliphatic heterocycles. The van der Waals surface area contributed by atoms with E-state index in [1.54, 1.807) is 6.07 Å². The Hall–Kier alpha value is -2.35. The van der Waals surface area contributed by atoms with Gasteiger partial charge in [-0.05, 0) is 35.3 Å². The Morgan fingerprint density at radius 1 is 1.00 bits per heavy atom. The van der Waals surface area contributed by atoms with Crippen LogP contribution >= 0.6 is 0 Å². The molecule has 2 heteroatoms. The van der Waals surface area contributed by atoms with Crippen molar-refractivity contribution in [2.45, 2.75) is 13.3 Å². The molecule has 0 heterocycles. The highest BCUT2D eigenvalue weighted by molar-refractivity contribution is 5.91. The van der Waals surface area contributed by atoms with Crippen LogP contribution in [0, 0.1) is 0 Å². The number of hydrogen-bond donors (Lipinski definition) is 0. The minimum Gasteiger partial charge on any atom is -0.462 e. The van der Waals surface area contributed by atoms with Crippen molar-refractivity contribution in [3.8, 4) is 0 Å². The summed E-state index contributed by atoms with van der Waals surface area (Å²) in [5.74, 6) is -0.283. The third-order valence-electron chi connectivity index (χ3n) is 3.01. The molecule has 2 aromatic carbocycles. The summed E-state index contributed by atoms with van der Waals surface area (Å²) in [7, 11) is 0. The molecular formula is C18H18O2. The maximum Gasteiger partial charge on any atom is 0.338 e. The van der Waals surface area contributed by atoms with Gasteiger partial charge in [0.1, 0.15) is 0 Å². The lowest BCUT2D eigenvalue weighted by molar-refractivity contribution is 0.0505. The molecule has 20 heavy (non-hydrogen) atoms. The zero-order valence-corrected chi connectivity index (χ0v) is 11.6. The SMILES string of the molecule is C=C(c1ccccc1)c1cccc(C(=O)OCCC)c1. The van der Waals surface area contributed by atoms with Gasteiger partial charge in [0.2, 0.25) is 0 Å². The highest BCUT2D eigenvalue weighted by atomic mass is 16.5. The summed E-state index contributed by atoms with van der Waals surface area (Å²) < 4.78 is 5.15. The van der Waals surface area contributed by atoms with E-state index in [1.165, 1.54) is 0 Å². The van der Waals surface area contributed by atoms with Crippen LogP contribution in [0.5, 0.6) is 0 Å². The molecule has 0 N–H and O–H groups in total. The van der Waals surface area contributed by atoms with Crippen LogP contribution in [-0.2, 0) is 4.74 Å². The Morgan fingerprint density at radius 3 is 2.35 bits per heavy atom. The maximum atomic E-state index is 11.9. The highest BCUT2D eigenvalue weighted by Gasteiger charge is 2.09. The van der Waals surface area contributed by atoms with Gasteiger partial charge < -0.3 is 4.74 Å². The van der Waals surface area contributed by atoms with Crippen LogP contribution in [-0.4, -0.2) is 12.6 Å². The second-order valence-corrected chi connectivity index (χ2v) is 4.56.